The van der Waals surface area contributed by atoms with E-state index in [0.29, 0.717) is 32.3 Å². The highest BCUT2D eigenvalue weighted by Crippen LogP contribution is 2.35. The van der Waals surface area contributed by atoms with Crippen molar-refractivity contribution in [3.8, 4) is 6.01 Å². The average Bonchev–Trinajstić information content (AvgIpc) is 3.36. The van der Waals surface area contributed by atoms with Gasteiger partial charge in [-0.15, -0.1) is 0 Å². The zero-order valence-corrected chi connectivity index (χ0v) is 21.3. The van der Waals surface area contributed by atoms with Crippen LogP contribution >= 0.6 is 0 Å². The standard InChI is InChI=1S/C26H34N8O2/c1-5-23(35)32-10-12-33(13-11-32)25-19-8-9-34(24-18(2)6-7-21-20(24)16-27-30-21)17-22(19)28-26(29-25)36-15-14-31(3)4/h5-7,16H,1,8-15,17H2,2-4H3,(H,27,30). The Labute approximate surface area is 211 Å². The predicted octanol–water partition coefficient (Wildman–Crippen LogP) is 2.00. The maximum Gasteiger partial charge on any atom is 0.318 e. The first-order chi connectivity index (χ1) is 17.4. The Morgan fingerprint density at radius 3 is 2.72 bits per heavy atom. The summed E-state index contributed by atoms with van der Waals surface area (Å²) in [4.78, 5) is 30.4. The van der Waals surface area contributed by atoms with Crippen molar-refractivity contribution >= 4 is 28.3 Å². The second kappa shape index (κ2) is 10.1. The minimum atomic E-state index is -0.0218. The van der Waals surface area contributed by atoms with Crippen LogP contribution in [0.25, 0.3) is 10.9 Å². The fourth-order valence-electron chi connectivity index (χ4n) is 5.02. The van der Waals surface area contributed by atoms with E-state index in [1.165, 1.54) is 22.9 Å². The third kappa shape index (κ3) is 4.73. The van der Waals surface area contributed by atoms with Crippen LogP contribution in [0.3, 0.4) is 0 Å². The molecule has 10 nitrogen and oxygen atoms in total. The average molecular weight is 491 g/mol. The molecule has 0 bridgehead atoms. The highest BCUT2D eigenvalue weighted by Gasteiger charge is 2.29. The van der Waals surface area contributed by atoms with Crippen molar-refractivity contribution < 1.29 is 9.53 Å². The van der Waals surface area contributed by atoms with Gasteiger partial charge in [0.05, 0.1) is 29.6 Å². The molecule has 36 heavy (non-hydrogen) atoms. The first-order valence-corrected chi connectivity index (χ1v) is 12.5. The number of hydrogen-bond donors (Lipinski definition) is 1. The van der Waals surface area contributed by atoms with Crippen LogP contribution in [0.4, 0.5) is 11.5 Å². The van der Waals surface area contributed by atoms with E-state index in [1.807, 2.05) is 25.2 Å². The van der Waals surface area contributed by atoms with Gasteiger partial charge in [0.1, 0.15) is 12.4 Å². The molecule has 0 atom stereocenters. The van der Waals surface area contributed by atoms with Gasteiger partial charge in [-0.05, 0) is 45.1 Å². The van der Waals surface area contributed by atoms with E-state index in [4.69, 9.17) is 14.7 Å². The molecular weight excluding hydrogens is 456 g/mol. The molecule has 190 valence electrons. The number of hydrogen-bond acceptors (Lipinski definition) is 8. The zero-order valence-electron chi connectivity index (χ0n) is 21.3. The predicted molar refractivity (Wildman–Crippen MR) is 141 cm³/mol. The summed E-state index contributed by atoms with van der Waals surface area (Å²) < 4.78 is 6.01. The Kier molecular flexibility index (Phi) is 6.77. The first-order valence-electron chi connectivity index (χ1n) is 12.5. The topological polar surface area (TPSA) is 93.7 Å². The molecule has 2 aromatic heterocycles. The van der Waals surface area contributed by atoms with Crippen molar-refractivity contribution in [2.45, 2.75) is 19.9 Å². The summed E-state index contributed by atoms with van der Waals surface area (Å²) in [5, 5.41) is 8.47. The Morgan fingerprint density at radius 2 is 1.97 bits per heavy atom. The van der Waals surface area contributed by atoms with Crippen LogP contribution in [0.15, 0.2) is 31.0 Å². The summed E-state index contributed by atoms with van der Waals surface area (Å²) in [5.74, 6) is 0.912. The maximum absolute atomic E-state index is 12.1. The molecule has 1 fully saturated rings. The normalized spacial score (nSPS) is 15.9. The van der Waals surface area contributed by atoms with Crippen LogP contribution in [0.2, 0.25) is 0 Å². The Morgan fingerprint density at radius 1 is 1.17 bits per heavy atom. The first kappa shape index (κ1) is 24.1. The number of aryl methyl sites for hydroxylation is 1. The maximum atomic E-state index is 12.1. The molecule has 0 unspecified atom stereocenters. The van der Waals surface area contributed by atoms with E-state index < -0.39 is 0 Å². The number of carbonyl (C=O) groups is 1. The van der Waals surface area contributed by atoms with Crippen molar-refractivity contribution in [1.29, 1.82) is 0 Å². The quantitative estimate of drug-likeness (QED) is 0.503. The Hall–Kier alpha value is -3.66. The fraction of sp³-hybridized carbons (Fsp3) is 0.462. The molecule has 2 aliphatic heterocycles. The third-order valence-corrected chi connectivity index (χ3v) is 6.97. The summed E-state index contributed by atoms with van der Waals surface area (Å²) >= 11 is 0. The number of nitrogens with one attached hydrogen (secondary N) is 1. The van der Waals surface area contributed by atoms with Crippen molar-refractivity contribution in [1.82, 2.24) is 30.0 Å². The fourth-order valence-corrected chi connectivity index (χ4v) is 5.02. The van der Waals surface area contributed by atoms with Gasteiger partial charge in [-0.25, -0.2) is 0 Å². The molecule has 5 rings (SSSR count). The van der Waals surface area contributed by atoms with Gasteiger partial charge < -0.3 is 24.3 Å². The van der Waals surface area contributed by atoms with Gasteiger partial charge in [0.15, 0.2) is 0 Å². The van der Waals surface area contributed by atoms with Crippen molar-refractivity contribution in [2.24, 2.45) is 0 Å². The molecule has 1 N–H and O–H groups in total. The molecule has 1 aromatic carbocycles. The molecule has 3 aromatic rings. The molecule has 0 aliphatic carbocycles. The molecule has 1 amide bonds. The molecule has 10 heteroatoms. The number of carbonyl (C=O) groups excluding carboxylic acids is 1. The van der Waals surface area contributed by atoms with Crippen LogP contribution in [0.5, 0.6) is 6.01 Å². The lowest BCUT2D eigenvalue weighted by molar-refractivity contribution is -0.126. The molecule has 0 saturated carbocycles. The minimum Gasteiger partial charge on any atom is -0.462 e. The number of amides is 1. The van der Waals surface area contributed by atoms with Crippen LogP contribution in [-0.4, -0.2) is 95.8 Å². The van der Waals surface area contributed by atoms with Gasteiger partial charge in [-0.1, -0.05) is 12.6 Å². The van der Waals surface area contributed by atoms with Crippen LogP contribution in [0.1, 0.15) is 16.8 Å². The molecule has 0 spiro atoms. The number of aromatic nitrogens is 4. The number of aromatic amines is 1. The smallest absolute Gasteiger partial charge is 0.318 e. The highest BCUT2D eigenvalue weighted by atomic mass is 16.5. The van der Waals surface area contributed by atoms with E-state index in [2.05, 4.69) is 50.5 Å². The second-order valence-electron chi connectivity index (χ2n) is 9.66. The lowest BCUT2D eigenvalue weighted by Crippen LogP contribution is -2.49. The van der Waals surface area contributed by atoms with Crippen molar-refractivity contribution in [3.05, 3.63) is 47.8 Å². The van der Waals surface area contributed by atoms with E-state index in [1.54, 1.807) is 0 Å². The Balaban J connectivity index is 1.45. The molecule has 0 radical (unpaired) electrons. The van der Waals surface area contributed by atoms with Crippen LogP contribution < -0.4 is 14.5 Å². The van der Waals surface area contributed by atoms with E-state index >= 15 is 0 Å². The summed E-state index contributed by atoms with van der Waals surface area (Å²) in [6, 6.07) is 4.62. The second-order valence-corrected chi connectivity index (χ2v) is 9.66. The van der Waals surface area contributed by atoms with E-state index in [0.717, 1.165) is 55.0 Å². The van der Waals surface area contributed by atoms with Crippen molar-refractivity contribution in [3.63, 3.8) is 0 Å². The number of likely N-dealkylation sites (N-methyl/N-ethyl adjacent to an activating group) is 1. The largest absolute Gasteiger partial charge is 0.462 e. The zero-order chi connectivity index (χ0) is 25.2. The van der Waals surface area contributed by atoms with Gasteiger partial charge in [-0.2, -0.15) is 15.1 Å². The number of anilines is 2. The van der Waals surface area contributed by atoms with Crippen molar-refractivity contribution in [2.75, 3.05) is 69.8 Å². The molecular formula is C26H34N8O2. The van der Waals surface area contributed by atoms with Gasteiger partial charge in [0.25, 0.3) is 0 Å². The number of H-pyrrole nitrogens is 1. The number of benzene rings is 1. The molecule has 2 aliphatic rings. The number of rotatable bonds is 7. The number of fused-ring (bicyclic) bond motifs is 2. The lowest BCUT2D eigenvalue weighted by Gasteiger charge is -2.38. The monoisotopic (exact) mass is 490 g/mol. The molecule has 4 heterocycles. The lowest BCUT2D eigenvalue weighted by atomic mass is 10.0. The SMILES string of the molecule is C=CC(=O)N1CCN(c2nc(OCCN(C)C)nc3c2CCN(c2c(C)ccc4[nH]ncc24)C3)CC1. The highest BCUT2D eigenvalue weighted by molar-refractivity contribution is 5.93. The summed E-state index contributed by atoms with van der Waals surface area (Å²) in [7, 11) is 4.03. The van der Waals surface area contributed by atoms with Gasteiger partial charge in [-0.3, -0.25) is 9.89 Å². The van der Waals surface area contributed by atoms with Gasteiger partial charge in [0.2, 0.25) is 5.91 Å². The van der Waals surface area contributed by atoms with Gasteiger partial charge in [0, 0.05) is 50.2 Å². The summed E-state index contributed by atoms with van der Waals surface area (Å²) in [6.07, 6.45) is 4.12. The third-order valence-electron chi connectivity index (χ3n) is 6.97. The number of nitrogens with zero attached hydrogens (tertiary/aromatic N) is 7. The van der Waals surface area contributed by atoms with Crippen LogP contribution in [-0.2, 0) is 17.8 Å². The van der Waals surface area contributed by atoms with Gasteiger partial charge >= 0.3 is 6.01 Å². The van der Waals surface area contributed by atoms with E-state index in [-0.39, 0.29) is 5.91 Å². The van der Waals surface area contributed by atoms with Crippen LogP contribution in [0, 0.1) is 6.92 Å². The number of ether oxygens (including phenoxy) is 1. The Bertz CT molecular complexity index is 1260. The number of piperazine rings is 1. The van der Waals surface area contributed by atoms with E-state index in [9.17, 15) is 4.79 Å². The minimum absolute atomic E-state index is 0.0218. The summed E-state index contributed by atoms with van der Waals surface area (Å²) in [6.45, 7) is 11.3. The summed E-state index contributed by atoms with van der Waals surface area (Å²) in [5.41, 5.74) is 5.61. The molecule has 1 saturated heterocycles.